The van der Waals surface area contributed by atoms with Crippen LogP contribution in [0.4, 0.5) is 0 Å². The number of rotatable bonds is 4. The van der Waals surface area contributed by atoms with E-state index in [0.717, 1.165) is 22.4 Å². The van der Waals surface area contributed by atoms with E-state index in [1.807, 2.05) is 0 Å². The number of benzene rings is 4. The third-order valence-electron chi connectivity index (χ3n) is 5.18. The predicted octanol–water partition coefficient (Wildman–Crippen LogP) is 6.04. The summed E-state index contributed by atoms with van der Waals surface area (Å²) in [6.45, 7) is 6.20. The summed E-state index contributed by atoms with van der Waals surface area (Å²) in [6, 6.07) is 23.6. The molecule has 0 heterocycles. The van der Waals surface area contributed by atoms with Crippen molar-refractivity contribution in [1.82, 2.24) is 0 Å². The highest BCUT2D eigenvalue weighted by atomic mass is 16.5. The van der Waals surface area contributed by atoms with Crippen molar-refractivity contribution in [2.24, 2.45) is 0 Å². The Hall–Kier alpha value is -2.84. The molecule has 0 bridgehead atoms. The molecule has 2 nitrogen and oxygen atoms in total. The van der Waals surface area contributed by atoms with Crippen LogP contribution < -0.4 is 4.74 Å². The minimum atomic E-state index is -0.505. The summed E-state index contributed by atoms with van der Waals surface area (Å²) in [6.07, 6.45) is -0.505. The Morgan fingerprint density at radius 1 is 0.815 bits per heavy atom. The van der Waals surface area contributed by atoms with Crippen LogP contribution in [0.5, 0.6) is 5.75 Å². The van der Waals surface area contributed by atoms with Crippen LogP contribution in [0.3, 0.4) is 0 Å². The van der Waals surface area contributed by atoms with Gasteiger partial charge in [-0.3, -0.25) is 0 Å². The molecule has 0 radical (unpaired) electrons. The average Bonchev–Trinajstić information content (AvgIpc) is 2.67. The number of aliphatic hydroxyl groups is 1. The Morgan fingerprint density at radius 3 is 2.26 bits per heavy atom. The highest BCUT2D eigenvalue weighted by Gasteiger charge is 2.15. The van der Waals surface area contributed by atoms with Crippen molar-refractivity contribution in [3.63, 3.8) is 0 Å². The van der Waals surface area contributed by atoms with E-state index in [2.05, 4.69) is 80.6 Å². The highest BCUT2D eigenvalue weighted by Crippen LogP contribution is 2.39. The van der Waals surface area contributed by atoms with E-state index < -0.39 is 6.10 Å². The first kappa shape index (κ1) is 17.6. The van der Waals surface area contributed by atoms with E-state index >= 15 is 0 Å². The molecular weight excluding hydrogens is 332 g/mol. The molecule has 2 heteroatoms. The van der Waals surface area contributed by atoms with Gasteiger partial charge in [-0.05, 0) is 71.1 Å². The zero-order valence-corrected chi connectivity index (χ0v) is 16.0. The second-order valence-electron chi connectivity index (χ2n) is 7.27. The van der Waals surface area contributed by atoms with Crippen LogP contribution in [-0.4, -0.2) is 17.8 Å². The summed E-state index contributed by atoms with van der Waals surface area (Å²) in [5.41, 5.74) is 4.53. The van der Waals surface area contributed by atoms with Gasteiger partial charge in [-0.25, -0.2) is 0 Å². The first-order chi connectivity index (χ1) is 13.0. The molecule has 0 saturated heterocycles. The van der Waals surface area contributed by atoms with Crippen LogP contribution in [0.15, 0.2) is 66.7 Å². The Labute approximate surface area is 160 Å². The zero-order valence-electron chi connectivity index (χ0n) is 16.0. The van der Waals surface area contributed by atoms with E-state index in [4.69, 9.17) is 4.74 Å². The maximum absolute atomic E-state index is 9.70. The lowest BCUT2D eigenvalue weighted by Gasteiger charge is -2.18. The number of fused-ring (bicyclic) bond motifs is 2. The minimum Gasteiger partial charge on any atom is -0.490 e. The Morgan fingerprint density at radius 2 is 1.52 bits per heavy atom. The molecule has 136 valence electrons. The van der Waals surface area contributed by atoms with Gasteiger partial charge in [0.1, 0.15) is 12.4 Å². The molecule has 27 heavy (non-hydrogen) atoms. The number of ether oxygens (including phenoxy) is 1. The van der Waals surface area contributed by atoms with Gasteiger partial charge in [-0.15, -0.1) is 0 Å². The van der Waals surface area contributed by atoms with Gasteiger partial charge in [0, 0.05) is 5.56 Å². The molecule has 0 amide bonds. The van der Waals surface area contributed by atoms with Gasteiger partial charge < -0.3 is 9.84 Å². The summed E-state index contributed by atoms with van der Waals surface area (Å²) in [5, 5.41) is 14.6. The zero-order chi connectivity index (χ0) is 19.0. The van der Waals surface area contributed by atoms with Gasteiger partial charge in [0.05, 0.1) is 6.10 Å². The summed E-state index contributed by atoms with van der Waals surface area (Å²) in [7, 11) is 0. The quantitative estimate of drug-likeness (QED) is 0.452. The van der Waals surface area contributed by atoms with Crippen LogP contribution in [-0.2, 0) is 0 Å². The minimum absolute atomic E-state index is 0.283. The monoisotopic (exact) mass is 356 g/mol. The van der Waals surface area contributed by atoms with Crippen molar-refractivity contribution < 1.29 is 9.84 Å². The Bertz CT molecular complexity index is 1130. The highest BCUT2D eigenvalue weighted by molar-refractivity contribution is 6.05. The van der Waals surface area contributed by atoms with E-state index in [0.29, 0.717) is 0 Å². The molecule has 0 fully saturated rings. The van der Waals surface area contributed by atoms with Crippen molar-refractivity contribution in [2.75, 3.05) is 6.61 Å². The fraction of sp³-hybridized carbons (Fsp3) is 0.200. The molecule has 4 aromatic carbocycles. The van der Waals surface area contributed by atoms with Crippen molar-refractivity contribution in [3.05, 3.63) is 77.9 Å². The molecule has 1 unspecified atom stereocenters. The first-order valence-electron chi connectivity index (χ1n) is 9.37. The summed E-state index contributed by atoms with van der Waals surface area (Å²) in [5.74, 6) is 0.858. The molecule has 1 N–H and O–H groups in total. The average molecular weight is 356 g/mol. The Balaban J connectivity index is 1.96. The van der Waals surface area contributed by atoms with Crippen LogP contribution in [0.2, 0.25) is 0 Å². The van der Waals surface area contributed by atoms with Crippen LogP contribution >= 0.6 is 0 Å². The molecule has 4 rings (SSSR count). The van der Waals surface area contributed by atoms with Gasteiger partial charge in [-0.1, -0.05) is 54.6 Å². The summed E-state index contributed by atoms with van der Waals surface area (Å²) in [4.78, 5) is 0. The molecule has 0 aliphatic carbocycles. The third kappa shape index (κ3) is 3.29. The molecular formula is C25H24O2. The fourth-order valence-electron chi connectivity index (χ4n) is 3.59. The number of hydrogen-bond donors (Lipinski definition) is 1. The SMILES string of the molecule is Cc1ccc(-c2cccc3cc4ccccc4cc23)c(OCC(C)O)c1C. The summed E-state index contributed by atoms with van der Waals surface area (Å²) < 4.78 is 6.05. The topological polar surface area (TPSA) is 29.5 Å². The van der Waals surface area contributed by atoms with Gasteiger partial charge in [0.15, 0.2) is 0 Å². The second kappa shape index (κ2) is 7.05. The van der Waals surface area contributed by atoms with E-state index in [1.165, 1.54) is 27.1 Å². The number of hydrogen-bond acceptors (Lipinski definition) is 2. The van der Waals surface area contributed by atoms with Gasteiger partial charge in [0.25, 0.3) is 0 Å². The molecule has 0 saturated carbocycles. The van der Waals surface area contributed by atoms with Gasteiger partial charge in [0.2, 0.25) is 0 Å². The van der Waals surface area contributed by atoms with E-state index in [-0.39, 0.29) is 6.61 Å². The first-order valence-corrected chi connectivity index (χ1v) is 9.37. The summed E-state index contributed by atoms with van der Waals surface area (Å²) >= 11 is 0. The van der Waals surface area contributed by atoms with Crippen LogP contribution in [0, 0.1) is 13.8 Å². The molecule has 4 aromatic rings. The fourth-order valence-corrected chi connectivity index (χ4v) is 3.59. The van der Waals surface area contributed by atoms with Gasteiger partial charge in [-0.2, -0.15) is 0 Å². The van der Waals surface area contributed by atoms with E-state index in [9.17, 15) is 5.11 Å². The van der Waals surface area contributed by atoms with Crippen molar-refractivity contribution in [3.8, 4) is 16.9 Å². The molecule has 1 atom stereocenters. The van der Waals surface area contributed by atoms with Gasteiger partial charge >= 0.3 is 0 Å². The third-order valence-corrected chi connectivity index (χ3v) is 5.18. The number of aliphatic hydroxyl groups excluding tert-OH is 1. The van der Waals surface area contributed by atoms with E-state index in [1.54, 1.807) is 6.92 Å². The molecule has 0 aromatic heterocycles. The lowest BCUT2D eigenvalue weighted by atomic mass is 9.93. The maximum atomic E-state index is 9.70. The van der Waals surface area contributed by atoms with Crippen molar-refractivity contribution in [1.29, 1.82) is 0 Å². The standard InChI is InChI=1S/C25H24O2/c1-16-11-12-23(25(18(16)3)27-15-17(2)26)22-10-6-9-21-13-19-7-4-5-8-20(19)14-24(21)22/h4-14,17,26H,15H2,1-3H3. The van der Waals surface area contributed by atoms with Crippen molar-refractivity contribution >= 4 is 21.5 Å². The lowest BCUT2D eigenvalue weighted by Crippen LogP contribution is -2.14. The molecule has 0 spiro atoms. The van der Waals surface area contributed by atoms with Crippen LogP contribution in [0.1, 0.15) is 18.1 Å². The largest absolute Gasteiger partial charge is 0.490 e. The maximum Gasteiger partial charge on any atom is 0.130 e. The number of aryl methyl sites for hydroxylation is 1. The smallest absolute Gasteiger partial charge is 0.130 e. The lowest BCUT2D eigenvalue weighted by molar-refractivity contribution is 0.122. The predicted molar refractivity (Wildman–Crippen MR) is 114 cm³/mol. The van der Waals surface area contributed by atoms with Crippen molar-refractivity contribution in [2.45, 2.75) is 26.9 Å². The second-order valence-corrected chi connectivity index (χ2v) is 7.27. The Kier molecular flexibility index (Phi) is 4.59. The normalized spacial score (nSPS) is 12.4. The molecule has 0 aliphatic heterocycles. The molecule has 0 aliphatic rings. The van der Waals surface area contributed by atoms with Crippen LogP contribution in [0.25, 0.3) is 32.7 Å².